The van der Waals surface area contributed by atoms with Crippen molar-refractivity contribution < 1.29 is 80.2 Å². The number of carbonyl (C=O) groups is 4. The lowest BCUT2D eigenvalue weighted by Gasteiger charge is -2.21. The number of aliphatic hydroxyl groups excluding tert-OH is 1. The minimum absolute atomic E-state index is 0.108. The summed E-state index contributed by atoms with van der Waals surface area (Å²) in [6, 6.07) is 0. The van der Waals surface area contributed by atoms with E-state index in [0.717, 1.165) is 102 Å². The van der Waals surface area contributed by atoms with E-state index in [1.165, 1.54) is 257 Å². The van der Waals surface area contributed by atoms with Crippen molar-refractivity contribution in [2.75, 3.05) is 39.6 Å². The summed E-state index contributed by atoms with van der Waals surface area (Å²) in [4.78, 5) is 72.8. The van der Waals surface area contributed by atoms with Crippen molar-refractivity contribution in [3.05, 3.63) is 0 Å². The van der Waals surface area contributed by atoms with E-state index in [2.05, 4.69) is 34.6 Å². The van der Waals surface area contributed by atoms with Crippen LogP contribution in [0.5, 0.6) is 0 Å². The minimum atomic E-state index is -4.96. The zero-order valence-electron chi connectivity index (χ0n) is 66.1. The van der Waals surface area contributed by atoms with Crippen molar-refractivity contribution in [1.82, 2.24) is 0 Å². The summed E-state index contributed by atoms with van der Waals surface area (Å²) in [5.41, 5.74) is 0. The lowest BCUT2D eigenvalue weighted by molar-refractivity contribution is -0.161. The first-order valence-corrected chi connectivity index (χ1v) is 45.6. The number of unbranched alkanes of at least 4 members (excludes halogenated alkanes) is 54. The Morgan fingerprint density at radius 3 is 0.673 bits per heavy atom. The van der Waals surface area contributed by atoms with Crippen molar-refractivity contribution in [2.45, 2.75) is 457 Å². The van der Waals surface area contributed by atoms with Crippen LogP contribution in [-0.4, -0.2) is 96.7 Å². The van der Waals surface area contributed by atoms with Gasteiger partial charge in [0.15, 0.2) is 12.2 Å². The zero-order chi connectivity index (χ0) is 74.1. The Balaban J connectivity index is 5.11. The van der Waals surface area contributed by atoms with E-state index in [1.54, 1.807) is 0 Å². The number of esters is 4. The highest BCUT2D eigenvalue weighted by atomic mass is 31.2. The number of aliphatic hydroxyl groups is 1. The van der Waals surface area contributed by atoms with Crippen LogP contribution >= 0.6 is 15.6 Å². The van der Waals surface area contributed by atoms with E-state index >= 15 is 0 Å². The number of ether oxygens (including phenoxy) is 4. The molecular weight excluding hydrogens is 1320 g/mol. The normalized spacial score (nSPS) is 13.8. The average molecular weight is 1480 g/mol. The van der Waals surface area contributed by atoms with Gasteiger partial charge in [0.1, 0.15) is 19.3 Å². The van der Waals surface area contributed by atoms with Crippen LogP contribution in [-0.2, 0) is 65.4 Å². The maximum absolute atomic E-state index is 13.1. The monoisotopic (exact) mass is 1480 g/mol. The Morgan fingerprint density at radius 2 is 0.455 bits per heavy atom. The molecule has 0 rings (SSSR count). The molecule has 5 atom stereocenters. The molecule has 0 heterocycles. The van der Waals surface area contributed by atoms with Crippen molar-refractivity contribution in [3.63, 3.8) is 0 Å². The second kappa shape index (κ2) is 74.9. The van der Waals surface area contributed by atoms with Crippen molar-refractivity contribution >= 4 is 39.5 Å². The zero-order valence-corrected chi connectivity index (χ0v) is 67.8. The van der Waals surface area contributed by atoms with Crippen LogP contribution in [0.2, 0.25) is 0 Å². The predicted octanol–water partition coefficient (Wildman–Crippen LogP) is 24.8. The fraction of sp³-hybridized carbons (Fsp3) is 0.951. The van der Waals surface area contributed by atoms with Crippen molar-refractivity contribution in [2.24, 2.45) is 5.92 Å². The van der Waals surface area contributed by atoms with Gasteiger partial charge in [-0.1, -0.05) is 388 Å². The summed E-state index contributed by atoms with van der Waals surface area (Å²) in [5, 5.41) is 10.6. The molecule has 0 saturated heterocycles. The van der Waals surface area contributed by atoms with E-state index in [-0.39, 0.29) is 25.7 Å². The number of hydrogen-bond acceptors (Lipinski definition) is 15. The maximum atomic E-state index is 13.1. The lowest BCUT2D eigenvalue weighted by Crippen LogP contribution is -2.30. The van der Waals surface area contributed by atoms with Crippen LogP contribution in [0.1, 0.15) is 439 Å². The molecule has 0 saturated carbocycles. The highest BCUT2D eigenvalue weighted by Crippen LogP contribution is 2.45. The molecule has 600 valence electrons. The molecule has 2 unspecified atom stereocenters. The Kier molecular flexibility index (Phi) is 73.5. The van der Waals surface area contributed by atoms with Crippen LogP contribution in [0.15, 0.2) is 0 Å². The van der Waals surface area contributed by atoms with Gasteiger partial charge in [-0.2, -0.15) is 0 Å². The van der Waals surface area contributed by atoms with E-state index in [9.17, 15) is 43.2 Å². The smallest absolute Gasteiger partial charge is 0.462 e. The summed E-state index contributed by atoms with van der Waals surface area (Å²) in [7, 11) is -9.91. The van der Waals surface area contributed by atoms with Crippen molar-refractivity contribution in [1.29, 1.82) is 0 Å². The highest BCUT2D eigenvalue weighted by Gasteiger charge is 2.30. The first-order chi connectivity index (χ1) is 49.0. The molecule has 19 heteroatoms. The van der Waals surface area contributed by atoms with Crippen molar-refractivity contribution in [3.8, 4) is 0 Å². The van der Waals surface area contributed by atoms with Gasteiger partial charge < -0.3 is 33.8 Å². The summed E-state index contributed by atoms with van der Waals surface area (Å²) >= 11 is 0. The van der Waals surface area contributed by atoms with Crippen LogP contribution in [0.3, 0.4) is 0 Å². The molecular formula is C82H160O17P2. The number of phosphoric ester groups is 2. The number of hydrogen-bond donors (Lipinski definition) is 3. The summed E-state index contributed by atoms with van der Waals surface area (Å²) in [6.07, 6.45) is 67.2. The van der Waals surface area contributed by atoms with Gasteiger partial charge in [-0.05, 0) is 31.6 Å². The Bertz CT molecular complexity index is 1930. The van der Waals surface area contributed by atoms with Crippen LogP contribution in [0.25, 0.3) is 0 Å². The fourth-order valence-corrected chi connectivity index (χ4v) is 14.3. The fourth-order valence-electron chi connectivity index (χ4n) is 12.8. The van der Waals surface area contributed by atoms with Gasteiger partial charge in [0.05, 0.1) is 26.4 Å². The standard InChI is InChI=1S/C82H160O17P2/c1-6-9-12-15-17-19-21-23-25-27-28-29-30-31-37-41-45-49-53-58-63-68-82(87)99-78(72-93-80(85)66-61-56-51-47-43-39-36-33-32-34-38-42-46-50-55-59-64-75(4)5)74-97-101(90,91)95-70-76(83)69-94-100(88,89)96-73-77(71-92-79(84)65-60-54-14-11-8-3)98-81(86)67-62-57-52-48-44-40-35-26-24-22-20-18-16-13-10-7-2/h75-78,83H,6-74H2,1-5H3,(H,88,89)(H,90,91)/t76-,77+,78+/m0/s1. The van der Waals surface area contributed by atoms with E-state index in [4.69, 9.17) is 37.0 Å². The molecule has 101 heavy (non-hydrogen) atoms. The lowest BCUT2D eigenvalue weighted by atomic mass is 10.0. The Hall–Kier alpha value is -1.94. The van der Waals surface area contributed by atoms with Crippen LogP contribution in [0, 0.1) is 5.92 Å². The van der Waals surface area contributed by atoms with E-state index in [1.807, 2.05) is 0 Å². The summed E-state index contributed by atoms with van der Waals surface area (Å²) in [5.74, 6) is -1.30. The largest absolute Gasteiger partial charge is 0.472 e. The molecule has 0 aliphatic heterocycles. The summed E-state index contributed by atoms with van der Waals surface area (Å²) < 4.78 is 68.5. The maximum Gasteiger partial charge on any atom is 0.472 e. The first-order valence-electron chi connectivity index (χ1n) is 42.6. The van der Waals surface area contributed by atoms with Gasteiger partial charge in [-0.15, -0.1) is 0 Å². The molecule has 0 aliphatic carbocycles. The van der Waals surface area contributed by atoms with Gasteiger partial charge in [0.25, 0.3) is 0 Å². The van der Waals surface area contributed by atoms with E-state index in [0.29, 0.717) is 25.7 Å². The number of rotatable bonds is 82. The SMILES string of the molecule is CCCCCCCCCCCCCCCCCCCCCCCC(=O)O[C@H](COC(=O)CCCCCCCCCCCCCCCCCCC(C)C)COP(=O)(O)OC[C@@H](O)COP(=O)(O)OC[C@@H](COC(=O)CCCCCCC)OC(=O)CCCCCCCCCCCCCCCCCC. The molecule has 0 aliphatic rings. The van der Waals surface area contributed by atoms with E-state index < -0.39 is 97.5 Å². The second-order valence-electron chi connectivity index (χ2n) is 30.0. The Morgan fingerprint density at radius 1 is 0.267 bits per heavy atom. The molecule has 0 bridgehead atoms. The number of phosphoric acid groups is 2. The molecule has 0 radical (unpaired) electrons. The van der Waals surface area contributed by atoms with Gasteiger partial charge in [0, 0.05) is 25.7 Å². The third kappa shape index (κ3) is 76.1. The number of carbonyl (C=O) groups excluding carboxylic acids is 4. The topological polar surface area (TPSA) is 237 Å². The minimum Gasteiger partial charge on any atom is -0.462 e. The molecule has 0 fully saturated rings. The Labute approximate surface area is 619 Å². The molecule has 0 aromatic rings. The molecule has 3 N–H and O–H groups in total. The molecule has 0 aromatic heterocycles. The predicted molar refractivity (Wildman–Crippen MR) is 414 cm³/mol. The van der Waals surface area contributed by atoms with Crippen LogP contribution < -0.4 is 0 Å². The third-order valence-corrected chi connectivity index (χ3v) is 21.2. The molecule has 0 spiro atoms. The molecule has 17 nitrogen and oxygen atoms in total. The van der Waals surface area contributed by atoms with Gasteiger partial charge in [-0.25, -0.2) is 9.13 Å². The van der Waals surface area contributed by atoms with Gasteiger partial charge >= 0.3 is 39.5 Å². The third-order valence-electron chi connectivity index (χ3n) is 19.3. The van der Waals surface area contributed by atoms with Crippen LogP contribution in [0.4, 0.5) is 0 Å². The average Bonchev–Trinajstić information content (AvgIpc) is 1.01. The quantitative estimate of drug-likeness (QED) is 0.0222. The first kappa shape index (κ1) is 99.1. The highest BCUT2D eigenvalue weighted by molar-refractivity contribution is 7.47. The van der Waals surface area contributed by atoms with Gasteiger partial charge in [-0.3, -0.25) is 37.3 Å². The molecule has 0 amide bonds. The summed E-state index contributed by atoms with van der Waals surface area (Å²) in [6.45, 7) is 7.28. The second-order valence-corrected chi connectivity index (χ2v) is 32.9. The molecule has 0 aromatic carbocycles. The van der Waals surface area contributed by atoms with Gasteiger partial charge in [0.2, 0.25) is 0 Å².